The Kier molecular flexibility index (Phi) is 6.35. The molecule has 0 saturated carbocycles. The van der Waals surface area contributed by atoms with Crippen LogP contribution in [-0.4, -0.2) is 39.6 Å². The number of nitrogens with one attached hydrogen (secondary N) is 2. The Hall–Kier alpha value is -2.75. The molecule has 0 aliphatic carbocycles. The van der Waals surface area contributed by atoms with Crippen molar-refractivity contribution in [1.82, 2.24) is 15.1 Å². The second-order valence-electron chi connectivity index (χ2n) is 6.82. The maximum absolute atomic E-state index is 13.3. The average Bonchev–Trinajstić information content (AvgIpc) is 3.40. The number of benzene rings is 2. The van der Waals surface area contributed by atoms with E-state index in [0.717, 1.165) is 5.56 Å². The topological polar surface area (TPSA) is 87.2 Å². The van der Waals surface area contributed by atoms with Gasteiger partial charge in [0.2, 0.25) is 11.0 Å². The third-order valence-corrected chi connectivity index (χ3v) is 6.13. The number of carbonyl (C=O) groups excluding carboxylic acids is 2. The summed E-state index contributed by atoms with van der Waals surface area (Å²) in [6.45, 7) is 0.419. The first kappa shape index (κ1) is 21.5. The van der Waals surface area contributed by atoms with Crippen LogP contribution in [0.1, 0.15) is 12.8 Å². The Morgan fingerprint density at radius 2 is 1.97 bits per heavy atom. The Morgan fingerprint density at radius 3 is 2.74 bits per heavy atom. The van der Waals surface area contributed by atoms with Gasteiger partial charge < -0.3 is 10.2 Å². The van der Waals surface area contributed by atoms with Crippen molar-refractivity contribution < 1.29 is 14.0 Å². The molecule has 1 aromatic heterocycles. The number of hydrogen-bond donors (Lipinski definition) is 2. The van der Waals surface area contributed by atoms with Crippen LogP contribution in [0.5, 0.6) is 0 Å². The number of nitrogens with zero attached hydrogens (tertiary/aromatic N) is 3. The van der Waals surface area contributed by atoms with E-state index in [0.29, 0.717) is 40.2 Å². The summed E-state index contributed by atoms with van der Waals surface area (Å²) in [5.41, 5.74) is 1.14. The summed E-state index contributed by atoms with van der Waals surface area (Å²) in [5.74, 6) is -0.925. The highest BCUT2D eigenvalue weighted by molar-refractivity contribution is 7.18. The molecule has 2 heterocycles. The molecule has 7 nitrogen and oxygen atoms in total. The first-order valence-corrected chi connectivity index (χ1v) is 10.9. The van der Waals surface area contributed by atoms with Crippen molar-refractivity contribution >= 4 is 57.3 Å². The third-order valence-electron chi connectivity index (χ3n) is 4.71. The first-order valence-electron chi connectivity index (χ1n) is 9.34. The lowest BCUT2D eigenvalue weighted by Crippen LogP contribution is -2.45. The van der Waals surface area contributed by atoms with E-state index in [9.17, 15) is 14.0 Å². The second kappa shape index (κ2) is 9.17. The summed E-state index contributed by atoms with van der Waals surface area (Å²) in [7, 11) is 0. The van der Waals surface area contributed by atoms with Gasteiger partial charge in [-0.25, -0.2) is 9.18 Å². The molecule has 3 aromatic rings. The minimum Gasteiger partial charge on any atom is -0.312 e. The third kappa shape index (κ3) is 4.95. The molecule has 0 radical (unpaired) electrons. The molecule has 4 rings (SSSR count). The molecule has 1 saturated heterocycles. The number of likely N-dealkylation sites (tertiary alicyclic amines) is 1. The van der Waals surface area contributed by atoms with Crippen molar-refractivity contribution in [2.75, 3.05) is 17.2 Å². The molecule has 1 atom stereocenters. The van der Waals surface area contributed by atoms with Gasteiger partial charge in [-0.2, -0.15) is 0 Å². The number of rotatable bonds is 4. The fourth-order valence-electron chi connectivity index (χ4n) is 3.25. The van der Waals surface area contributed by atoms with Crippen LogP contribution < -0.4 is 10.6 Å². The summed E-state index contributed by atoms with van der Waals surface area (Å²) in [5, 5.41) is 14.9. The molecular weight excluding hydrogens is 464 g/mol. The number of carbonyl (C=O) groups is 2. The van der Waals surface area contributed by atoms with Gasteiger partial charge in [0.05, 0.1) is 5.02 Å². The van der Waals surface area contributed by atoms with E-state index in [-0.39, 0.29) is 10.9 Å². The lowest BCUT2D eigenvalue weighted by Gasteiger charge is -2.23. The minimum absolute atomic E-state index is 0.0970. The predicted octanol–water partition coefficient (Wildman–Crippen LogP) is 5.29. The Bertz CT molecular complexity index is 1140. The maximum atomic E-state index is 13.3. The van der Waals surface area contributed by atoms with E-state index >= 15 is 0 Å². The van der Waals surface area contributed by atoms with Crippen molar-refractivity contribution in [2.24, 2.45) is 0 Å². The van der Waals surface area contributed by atoms with Crippen LogP contribution in [0.15, 0.2) is 42.5 Å². The van der Waals surface area contributed by atoms with Crippen LogP contribution in [0.3, 0.4) is 0 Å². The zero-order valence-corrected chi connectivity index (χ0v) is 18.3. The summed E-state index contributed by atoms with van der Waals surface area (Å²) in [4.78, 5) is 26.9. The van der Waals surface area contributed by atoms with Gasteiger partial charge in [-0.05, 0) is 43.2 Å². The highest BCUT2D eigenvalue weighted by Crippen LogP contribution is 2.29. The molecule has 0 bridgehead atoms. The van der Waals surface area contributed by atoms with E-state index in [2.05, 4.69) is 20.8 Å². The Morgan fingerprint density at radius 1 is 1.13 bits per heavy atom. The number of amides is 3. The van der Waals surface area contributed by atoms with E-state index in [1.54, 1.807) is 18.2 Å². The fraction of sp³-hybridized carbons (Fsp3) is 0.200. The molecule has 1 fully saturated rings. The zero-order valence-electron chi connectivity index (χ0n) is 15.9. The molecule has 0 spiro atoms. The molecule has 2 aromatic carbocycles. The normalized spacial score (nSPS) is 15.7. The first-order chi connectivity index (χ1) is 14.9. The van der Waals surface area contributed by atoms with E-state index in [4.69, 9.17) is 23.2 Å². The molecule has 3 amide bonds. The largest absolute Gasteiger partial charge is 0.322 e. The fourth-order valence-corrected chi connectivity index (χ4v) is 4.37. The van der Waals surface area contributed by atoms with Crippen molar-refractivity contribution in [2.45, 2.75) is 18.9 Å². The SMILES string of the molecule is O=C(Nc1nnc(-c2cccc(Cl)c2)s1)C1CCCN1C(=O)Nc1ccc(F)c(Cl)c1. The van der Waals surface area contributed by atoms with Crippen LogP contribution in [0.25, 0.3) is 10.6 Å². The van der Waals surface area contributed by atoms with Gasteiger partial charge >= 0.3 is 6.03 Å². The van der Waals surface area contributed by atoms with E-state index in [1.807, 2.05) is 6.07 Å². The number of hydrogen-bond acceptors (Lipinski definition) is 5. The summed E-state index contributed by atoms with van der Waals surface area (Å²) < 4.78 is 13.3. The van der Waals surface area contributed by atoms with Crippen LogP contribution in [0.4, 0.5) is 20.0 Å². The highest BCUT2D eigenvalue weighted by atomic mass is 35.5. The van der Waals surface area contributed by atoms with Crippen molar-refractivity contribution in [3.8, 4) is 10.6 Å². The van der Waals surface area contributed by atoms with Crippen LogP contribution in [-0.2, 0) is 4.79 Å². The van der Waals surface area contributed by atoms with E-state index < -0.39 is 17.9 Å². The summed E-state index contributed by atoms with van der Waals surface area (Å²) in [6, 6.07) is 9.95. The molecule has 1 unspecified atom stereocenters. The zero-order chi connectivity index (χ0) is 22.0. The number of urea groups is 1. The molecule has 1 aliphatic rings. The van der Waals surface area contributed by atoms with Gasteiger partial charge in [0.1, 0.15) is 16.9 Å². The molecule has 1 aliphatic heterocycles. The second-order valence-corrected chi connectivity index (χ2v) is 8.64. The van der Waals surface area contributed by atoms with Gasteiger partial charge in [0, 0.05) is 22.8 Å². The standard InChI is InChI=1S/C20H16Cl2FN5O2S/c21-12-4-1-3-11(9-12)18-26-27-19(31-18)25-17(29)16-5-2-8-28(16)20(30)24-13-6-7-15(23)14(22)10-13/h1,3-4,6-7,9-10,16H,2,5,8H2,(H,24,30)(H,25,27,29). The predicted molar refractivity (Wildman–Crippen MR) is 119 cm³/mol. The molecule has 160 valence electrons. The average molecular weight is 480 g/mol. The lowest BCUT2D eigenvalue weighted by atomic mass is 10.2. The number of halogens is 3. The highest BCUT2D eigenvalue weighted by Gasteiger charge is 2.34. The van der Waals surface area contributed by atoms with Gasteiger partial charge in [0.25, 0.3) is 0 Å². The lowest BCUT2D eigenvalue weighted by molar-refractivity contribution is -0.119. The summed E-state index contributed by atoms with van der Waals surface area (Å²) in [6.07, 6.45) is 1.20. The quantitative estimate of drug-likeness (QED) is 0.532. The monoisotopic (exact) mass is 479 g/mol. The van der Waals surface area contributed by atoms with Gasteiger partial charge in [-0.1, -0.05) is 46.7 Å². The van der Waals surface area contributed by atoms with Crippen molar-refractivity contribution in [1.29, 1.82) is 0 Å². The molecule has 31 heavy (non-hydrogen) atoms. The summed E-state index contributed by atoms with van der Waals surface area (Å²) >= 11 is 13.0. The number of aromatic nitrogens is 2. The number of anilines is 2. The Balaban J connectivity index is 1.42. The van der Waals surface area contributed by atoms with Crippen LogP contribution in [0.2, 0.25) is 10.0 Å². The minimum atomic E-state index is -0.658. The smallest absolute Gasteiger partial charge is 0.312 e. The maximum Gasteiger partial charge on any atom is 0.322 e. The van der Waals surface area contributed by atoms with E-state index in [1.165, 1.54) is 34.4 Å². The molecule has 11 heteroatoms. The van der Waals surface area contributed by atoms with Crippen molar-refractivity contribution in [3.05, 3.63) is 58.3 Å². The Labute approximate surface area is 191 Å². The van der Waals surface area contributed by atoms with Gasteiger partial charge in [-0.15, -0.1) is 10.2 Å². The van der Waals surface area contributed by atoms with Gasteiger partial charge in [0.15, 0.2) is 0 Å². The molecular formula is C20H16Cl2FN5O2S. The van der Waals surface area contributed by atoms with Crippen LogP contribution >= 0.6 is 34.5 Å². The van der Waals surface area contributed by atoms with Gasteiger partial charge in [-0.3, -0.25) is 10.1 Å². The van der Waals surface area contributed by atoms with Crippen LogP contribution in [0, 0.1) is 5.82 Å². The molecule has 2 N–H and O–H groups in total. The van der Waals surface area contributed by atoms with Crippen molar-refractivity contribution in [3.63, 3.8) is 0 Å².